The molecule has 0 aliphatic rings. The summed E-state index contributed by atoms with van der Waals surface area (Å²) in [5, 5.41) is 3.30. The molecule has 0 aliphatic carbocycles. The summed E-state index contributed by atoms with van der Waals surface area (Å²) in [7, 11) is 1.70. The third-order valence-corrected chi connectivity index (χ3v) is 2.70. The van der Waals surface area contributed by atoms with Crippen LogP contribution in [0.2, 0.25) is 0 Å². The molecule has 0 saturated heterocycles. The SMILES string of the molecule is CCCNc1ncccc1COCCOCCCOC. The summed E-state index contributed by atoms with van der Waals surface area (Å²) in [6.07, 6.45) is 3.79. The lowest BCUT2D eigenvalue weighted by atomic mass is 10.2. The number of rotatable bonds is 12. The lowest BCUT2D eigenvalue weighted by Crippen LogP contribution is -2.09. The molecule has 0 unspecified atom stereocenters. The number of methoxy groups -OCH3 is 1. The van der Waals surface area contributed by atoms with Gasteiger partial charge >= 0.3 is 0 Å². The first-order chi connectivity index (χ1) is 9.88. The fourth-order valence-corrected chi connectivity index (χ4v) is 1.67. The van der Waals surface area contributed by atoms with Crippen molar-refractivity contribution in [3.8, 4) is 0 Å². The number of hydrogen-bond acceptors (Lipinski definition) is 5. The van der Waals surface area contributed by atoms with Crippen molar-refractivity contribution in [1.29, 1.82) is 0 Å². The molecule has 5 heteroatoms. The second-order valence-electron chi connectivity index (χ2n) is 4.45. The highest BCUT2D eigenvalue weighted by Crippen LogP contribution is 2.12. The largest absolute Gasteiger partial charge is 0.385 e. The molecular formula is C15H26N2O3. The molecule has 114 valence electrons. The van der Waals surface area contributed by atoms with Gasteiger partial charge in [0.1, 0.15) is 5.82 Å². The Bertz CT molecular complexity index is 348. The Morgan fingerprint density at radius 3 is 2.80 bits per heavy atom. The van der Waals surface area contributed by atoms with E-state index < -0.39 is 0 Å². The highest BCUT2D eigenvalue weighted by atomic mass is 16.5. The zero-order valence-electron chi connectivity index (χ0n) is 12.6. The molecule has 5 nitrogen and oxygen atoms in total. The molecule has 0 saturated carbocycles. The van der Waals surface area contributed by atoms with Crippen LogP contribution in [0.4, 0.5) is 5.82 Å². The van der Waals surface area contributed by atoms with E-state index in [-0.39, 0.29) is 0 Å². The predicted octanol–water partition coefficient (Wildman–Crippen LogP) is 2.47. The van der Waals surface area contributed by atoms with Crippen LogP contribution in [0.15, 0.2) is 18.3 Å². The Morgan fingerprint density at radius 1 is 1.15 bits per heavy atom. The molecular weight excluding hydrogens is 256 g/mol. The average Bonchev–Trinajstić information content (AvgIpc) is 2.49. The van der Waals surface area contributed by atoms with E-state index in [2.05, 4.69) is 17.2 Å². The Kier molecular flexibility index (Phi) is 9.83. The molecule has 0 amide bonds. The molecule has 1 aromatic rings. The van der Waals surface area contributed by atoms with E-state index in [0.717, 1.165) is 37.4 Å². The number of anilines is 1. The van der Waals surface area contributed by atoms with Crippen LogP contribution in [0.5, 0.6) is 0 Å². The van der Waals surface area contributed by atoms with Gasteiger partial charge in [-0.05, 0) is 18.9 Å². The van der Waals surface area contributed by atoms with Crippen LogP contribution in [0, 0.1) is 0 Å². The summed E-state index contributed by atoms with van der Waals surface area (Å²) >= 11 is 0. The van der Waals surface area contributed by atoms with E-state index in [4.69, 9.17) is 14.2 Å². The average molecular weight is 282 g/mol. The van der Waals surface area contributed by atoms with Crippen molar-refractivity contribution < 1.29 is 14.2 Å². The van der Waals surface area contributed by atoms with E-state index in [1.807, 2.05) is 12.1 Å². The number of ether oxygens (including phenoxy) is 3. The zero-order chi connectivity index (χ0) is 14.5. The summed E-state index contributed by atoms with van der Waals surface area (Å²) in [6, 6.07) is 3.96. The van der Waals surface area contributed by atoms with Gasteiger partial charge in [-0.25, -0.2) is 4.98 Å². The second kappa shape index (κ2) is 11.6. The maximum absolute atomic E-state index is 5.61. The molecule has 0 atom stereocenters. The minimum atomic E-state index is 0.557. The Morgan fingerprint density at radius 2 is 2.00 bits per heavy atom. The molecule has 0 spiro atoms. The number of nitrogens with zero attached hydrogens (tertiary/aromatic N) is 1. The van der Waals surface area contributed by atoms with Gasteiger partial charge in [0.15, 0.2) is 0 Å². The van der Waals surface area contributed by atoms with Gasteiger partial charge in [-0.3, -0.25) is 0 Å². The number of pyridine rings is 1. The maximum Gasteiger partial charge on any atom is 0.131 e. The van der Waals surface area contributed by atoms with Gasteiger partial charge in [0.05, 0.1) is 19.8 Å². The smallest absolute Gasteiger partial charge is 0.131 e. The molecule has 1 heterocycles. The predicted molar refractivity (Wildman–Crippen MR) is 80.0 cm³/mol. The first kappa shape index (κ1) is 16.9. The Labute approximate surface area is 121 Å². The molecule has 0 bridgehead atoms. The van der Waals surface area contributed by atoms with E-state index in [9.17, 15) is 0 Å². The third kappa shape index (κ3) is 7.43. The van der Waals surface area contributed by atoms with Crippen LogP contribution in [0.25, 0.3) is 0 Å². The lowest BCUT2D eigenvalue weighted by Gasteiger charge is -2.10. The van der Waals surface area contributed by atoms with Crippen molar-refractivity contribution in [2.45, 2.75) is 26.4 Å². The van der Waals surface area contributed by atoms with Gasteiger partial charge in [0.25, 0.3) is 0 Å². The molecule has 0 aliphatic heterocycles. The summed E-state index contributed by atoms with van der Waals surface area (Å²) in [4.78, 5) is 4.33. The van der Waals surface area contributed by atoms with E-state index >= 15 is 0 Å². The van der Waals surface area contributed by atoms with E-state index in [1.165, 1.54) is 0 Å². The van der Waals surface area contributed by atoms with Crippen molar-refractivity contribution in [3.63, 3.8) is 0 Å². The highest BCUT2D eigenvalue weighted by molar-refractivity contribution is 5.43. The lowest BCUT2D eigenvalue weighted by molar-refractivity contribution is 0.0337. The van der Waals surface area contributed by atoms with Crippen LogP contribution in [0.3, 0.4) is 0 Å². The molecule has 1 N–H and O–H groups in total. The van der Waals surface area contributed by atoms with Crippen LogP contribution < -0.4 is 5.32 Å². The topological polar surface area (TPSA) is 52.6 Å². The number of hydrogen-bond donors (Lipinski definition) is 1. The van der Waals surface area contributed by atoms with Gasteiger partial charge in [-0.15, -0.1) is 0 Å². The monoisotopic (exact) mass is 282 g/mol. The fraction of sp³-hybridized carbons (Fsp3) is 0.667. The number of nitrogens with one attached hydrogen (secondary N) is 1. The molecule has 20 heavy (non-hydrogen) atoms. The molecule has 0 fully saturated rings. The second-order valence-corrected chi connectivity index (χ2v) is 4.45. The first-order valence-corrected chi connectivity index (χ1v) is 7.20. The van der Waals surface area contributed by atoms with Gasteiger partial charge in [0.2, 0.25) is 0 Å². The van der Waals surface area contributed by atoms with Gasteiger partial charge in [0, 0.05) is 38.6 Å². The quantitative estimate of drug-likeness (QED) is 0.597. The van der Waals surface area contributed by atoms with Crippen LogP contribution in [0.1, 0.15) is 25.3 Å². The normalized spacial score (nSPS) is 10.7. The first-order valence-electron chi connectivity index (χ1n) is 7.20. The number of aromatic nitrogens is 1. The molecule has 1 aromatic heterocycles. The van der Waals surface area contributed by atoms with Crippen LogP contribution in [-0.4, -0.2) is 45.1 Å². The highest BCUT2D eigenvalue weighted by Gasteiger charge is 2.02. The van der Waals surface area contributed by atoms with Crippen molar-refractivity contribution in [2.24, 2.45) is 0 Å². The van der Waals surface area contributed by atoms with Crippen molar-refractivity contribution >= 4 is 5.82 Å². The molecule has 0 radical (unpaired) electrons. The maximum atomic E-state index is 5.61. The molecule has 1 rings (SSSR count). The van der Waals surface area contributed by atoms with Crippen LogP contribution in [-0.2, 0) is 20.8 Å². The zero-order valence-corrected chi connectivity index (χ0v) is 12.6. The van der Waals surface area contributed by atoms with Gasteiger partial charge < -0.3 is 19.5 Å². The Balaban J connectivity index is 2.15. The molecule has 0 aromatic carbocycles. The van der Waals surface area contributed by atoms with Crippen molar-refractivity contribution in [2.75, 3.05) is 45.4 Å². The van der Waals surface area contributed by atoms with Gasteiger partial charge in [-0.2, -0.15) is 0 Å². The minimum Gasteiger partial charge on any atom is -0.385 e. The van der Waals surface area contributed by atoms with E-state index in [1.54, 1.807) is 13.3 Å². The summed E-state index contributed by atoms with van der Waals surface area (Å²) in [6.45, 7) is 6.27. The van der Waals surface area contributed by atoms with Crippen molar-refractivity contribution in [1.82, 2.24) is 4.98 Å². The fourth-order valence-electron chi connectivity index (χ4n) is 1.67. The third-order valence-electron chi connectivity index (χ3n) is 2.70. The summed E-state index contributed by atoms with van der Waals surface area (Å²) in [5.41, 5.74) is 1.08. The van der Waals surface area contributed by atoms with Crippen molar-refractivity contribution in [3.05, 3.63) is 23.9 Å². The summed E-state index contributed by atoms with van der Waals surface area (Å²) in [5.74, 6) is 0.912. The van der Waals surface area contributed by atoms with E-state index in [0.29, 0.717) is 26.4 Å². The Hall–Kier alpha value is -1.17. The van der Waals surface area contributed by atoms with Gasteiger partial charge in [-0.1, -0.05) is 13.0 Å². The standard InChI is InChI=1S/C15H26N2O3/c1-3-7-16-15-14(6-4-8-17-15)13-20-12-11-19-10-5-9-18-2/h4,6,8H,3,5,7,9-13H2,1-2H3,(H,16,17). The minimum absolute atomic E-state index is 0.557. The van der Waals surface area contributed by atoms with Crippen LogP contribution >= 0.6 is 0 Å². The summed E-state index contributed by atoms with van der Waals surface area (Å²) < 4.78 is 16.0.